The van der Waals surface area contributed by atoms with E-state index in [0.717, 1.165) is 5.56 Å². The zero-order valence-electron chi connectivity index (χ0n) is 12.7. The van der Waals surface area contributed by atoms with Gasteiger partial charge >= 0.3 is 5.97 Å². The number of aryl methyl sites for hydroxylation is 1. The van der Waals surface area contributed by atoms with E-state index >= 15 is 0 Å². The van der Waals surface area contributed by atoms with E-state index in [9.17, 15) is 24.6 Å². The molecule has 0 aliphatic heterocycles. The van der Waals surface area contributed by atoms with Crippen LogP contribution in [0, 0.1) is 0 Å². The molecule has 0 bridgehead atoms. The third kappa shape index (κ3) is 1.95. The van der Waals surface area contributed by atoms with Gasteiger partial charge in [0.2, 0.25) is 0 Å². The monoisotopic (exact) mass is 322 g/mol. The summed E-state index contributed by atoms with van der Waals surface area (Å²) in [6.07, 6.45) is 0.384. The number of benzene rings is 2. The lowest BCUT2D eigenvalue weighted by molar-refractivity contribution is -0.159. The van der Waals surface area contributed by atoms with E-state index in [-0.39, 0.29) is 30.0 Å². The SMILES string of the molecule is O=C1c2ccccc2C(=O)c2cc3c(cc21)CCC(O)(C(=O)O)C3. The van der Waals surface area contributed by atoms with E-state index in [1.807, 2.05) is 0 Å². The molecule has 0 saturated heterocycles. The Kier molecular flexibility index (Phi) is 2.99. The van der Waals surface area contributed by atoms with Crippen molar-refractivity contribution in [1.82, 2.24) is 0 Å². The minimum Gasteiger partial charge on any atom is -0.479 e. The number of rotatable bonds is 1. The van der Waals surface area contributed by atoms with Crippen molar-refractivity contribution in [2.75, 3.05) is 0 Å². The van der Waals surface area contributed by atoms with E-state index in [0.29, 0.717) is 28.7 Å². The number of hydrogen-bond donors (Lipinski definition) is 2. The van der Waals surface area contributed by atoms with Crippen LogP contribution >= 0.6 is 0 Å². The number of carboxylic acids is 1. The molecule has 0 aromatic heterocycles. The molecule has 120 valence electrons. The first-order valence-electron chi connectivity index (χ1n) is 7.71. The van der Waals surface area contributed by atoms with Crippen LogP contribution in [0.1, 0.15) is 49.4 Å². The van der Waals surface area contributed by atoms with Gasteiger partial charge in [-0.25, -0.2) is 4.79 Å². The topological polar surface area (TPSA) is 91.7 Å². The van der Waals surface area contributed by atoms with Gasteiger partial charge in [0, 0.05) is 28.7 Å². The van der Waals surface area contributed by atoms with Crippen molar-refractivity contribution in [3.8, 4) is 0 Å². The molecule has 24 heavy (non-hydrogen) atoms. The van der Waals surface area contributed by atoms with Crippen LogP contribution in [0.5, 0.6) is 0 Å². The smallest absolute Gasteiger partial charge is 0.336 e. The van der Waals surface area contributed by atoms with Gasteiger partial charge in [-0.15, -0.1) is 0 Å². The zero-order valence-corrected chi connectivity index (χ0v) is 12.7. The van der Waals surface area contributed by atoms with Crippen molar-refractivity contribution in [3.63, 3.8) is 0 Å². The number of carbonyl (C=O) groups is 3. The van der Waals surface area contributed by atoms with Crippen molar-refractivity contribution in [3.05, 3.63) is 69.8 Å². The highest BCUT2D eigenvalue weighted by molar-refractivity contribution is 6.28. The van der Waals surface area contributed by atoms with E-state index in [2.05, 4.69) is 0 Å². The lowest BCUT2D eigenvalue weighted by Crippen LogP contribution is -2.44. The Morgan fingerprint density at radius 3 is 2.00 bits per heavy atom. The Labute approximate surface area is 137 Å². The highest BCUT2D eigenvalue weighted by atomic mass is 16.4. The van der Waals surface area contributed by atoms with Crippen LogP contribution in [0.3, 0.4) is 0 Å². The second-order valence-corrected chi connectivity index (χ2v) is 6.38. The molecule has 4 rings (SSSR count). The molecular weight excluding hydrogens is 308 g/mol. The van der Waals surface area contributed by atoms with Gasteiger partial charge in [0.15, 0.2) is 17.2 Å². The van der Waals surface area contributed by atoms with Crippen LogP contribution in [-0.2, 0) is 17.6 Å². The second-order valence-electron chi connectivity index (χ2n) is 6.38. The third-order valence-corrected chi connectivity index (χ3v) is 4.93. The zero-order chi connectivity index (χ0) is 17.1. The van der Waals surface area contributed by atoms with Gasteiger partial charge < -0.3 is 10.2 Å². The highest BCUT2D eigenvalue weighted by Crippen LogP contribution is 2.35. The molecule has 0 heterocycles. The Balaban J connectivity index is 1.87. The summed E-state index contributed by atoms with van der Waals surface area (Å²) in [7, 11) is 0. The number of aliphatic hydroxyl groups is 1. The molecule has 0 radical (unpaired) electrons. The van der Waals surface area contributed by atoms with Crippen LogP contribution in [-0.4, -0.2) is 33.3 Å². The van der Waals surface area contributed by atoms with Crippen LogP contribution in [0.15, 0.2) is 36.4 Å². The molecule has 0 fully saturated rings. The molecular formula is C19H14O5. The maximum Gasteiger partial charge on any atom is 0.336 e. The van der Waals surface area contributed by atoms with Gasteiger partial charge in [-0.3, -0.25) is 9.59 Å². The van der Waals surface area contributed by atoms with Crippen LogP contribution in [0.2, 0.25) is 0 Å². The molecule has 1 atom stereocenters. The van der Waals surface area contributed by atoms with Crippen molar-refractivity contribution in [2.24, 2.45) is 0 Å². The number of carbonyl (C=O) groups excluding carboxylic acids is 2. The lowest BCUT2D eigenvalue weighted by Gasteiger charge is -2.31. The van der Waals surface area contributed by atoms with Crippen LogP contribution in [0.4, 0.5) is 0 Å². The van der Waals surface area contributed by atoms with Crippen molar-refractivity contribution in [1.29, 1.82) is 0 Å². The lowest BCUT2D eigenvalue weighted by atomic mass is 9.76. The normalized spacial score (nSPS) is 21.7. The van der Waals surface area contributed by atoms with E-state index < -0.39 is 11.6 Å². The summed E-state index contributed by atoms with van der Waals surface area (Å²) in [5.41, 5.74) is 1.02. The fourth-order valence-corrected chi connectivity index (χ4v) is 3.56. The largest absolute Gasteiger partial charge is 0.479 e. The molecule has 5 heteroatoms. The molecule has 2 aromatic carbocycles. The Hall–Kier alpha value is -2.79. The Morgan fingerprint density at radius 1 is 0.917 bits per heavy atom. The summed E-state index contributed by atoms with van der Waals surface area (Å²) in [6, 6.07) is 9.94. The van der Waals surface area contributed by atoms with Gasteiger partial charge in [-0.1, -0.05) is 24.3 Å². The molecule has 0 spiro atoms. The van der Waals surface area contributed by atoms with E-state index in [1.54, 1.807) is 36.4 Å². The molecule has 0 amide bonds. The summed E-state index contributed by atoms with van der Waals surface area (Å²) < 4.78 is 0. The summed E-state index contributed by atoms with van der Waals surface area (Å²) in [4.78, 5) is 36.7. The second kappa shape index (κ2) is 4.85. The van der Waals surface area contributed by atoms with E-state index in [1.165, 1.54) is 0 Å². The number of fused-ring (bicyclic) bond motifs is 3. The summed E-state index contributed by atoms with van der Waals surface area (Å²) in [5.74, 6) is -1.70. The predicted molar refractivity (Wildman–Crippen MR) is 84.4 cm³/mol. The van der Waals surface area contributed by atoms with E-state index in [4.69, 9.17) is 0 Å². The highest BCUT2D eigenvalue weighted by Gasteiger charge is 2.40. The fraction of sp³-hybridized carbons (Fsp3) is 0.211. The summed E-state index contributed by atoms with van der Waals surface area (Å²) in [5, 5.41) is 19.4. The van der Waals surface area contributed by atoms with Crippen molar-refractivity contribution in [2.45, 2.75) is 24.9 Å². The number of ketones is 2. The van der Waals surface area contributed by atoms with Crippen molar-refractivity contribution >= 4 is 17.5 Å². The average molecular weight is 322 g/mol. The molecule has 2 aromatic rings. The quantitative estimate of drug-likeness (QED) is 0.712. The molecule has 1 unspecified atom stereocenters. The summed E-state index contributed by atoms with van der Waals surface area (Å²) >= 11 is 0. The number of hydrogen-bond acceptors (Lipinski definition) is 4. The molecule has 5 nitrogen and oxygen atoms in total. The Bertz CT molecular complexity index is 927. The van der Waals surface area contributed by atoms with Gasteiger partial charge in [-0.05, 0) is 36.1 Å². The maximum absolute atomic E-state index is 12.7. The first-order valence-corrected chi connectivity index (χ1v) is 7.71. The standard InChI is InChI=1S/C19H14O5/c20-16-12-3-1-2-4-13(12)17(21)15-8-11-9-19(24,18(22)23)6-5-10(11)7-14(15)16/h1-4,7-8,24H,5-6,9H2,(H,22,23). The van der Waals surface area contributed by atoms with Gasteiger partial charge in [0.25, 0.3) is 0 Å². The fourth-order valence-electron chi connectivity index (χ4n) is 3.56. The third-order valence-electron chi connectivity index (χ3n) is 4.93. The predicted octanol–water partition coefficient (Wildman–Crippen LogP) is 1.77. The molecule has 2 aliphatic rings. The first kappa shape index (κ1) is 14.8. The van der Waals surface area contributed by atoms with Crippen LogP contribution < -0.4 is 0 Å². The molecule has 2 N–H and O–H groups in total. The number of carboxylic acid groups (broad SMARTS) is 1. The van der Waals surface area contributed by atoms with Crippen molar-refractivity contribution < 1.29 is 24.6 Å². The minimum absolute atomic E-state index is 0.0614. The molecule has 2 aliphatic carbocycles. The van der Waals surface area contributed by atoms with Gasteiger partial charge in [-0.2, -0.15) is 0 Å². The maximum atomic E-state index is 12.7. The summed E-state index contributed by atoms with van der Waals surface area (Å²) in [6.45, 7) is 0. The van der Waals surface area contributed by atoms with Gasteiger partial charge in [0.05, 0.1) is 0 Å². The van der Waals surface area contributed by atoms with Gasteiger partial charge in [0.1, 0.15) is 0 Å². The average Bonchev–Trinajstić information content (AvgIpc) is 2.58. The minimum atomic E-state index is -1.82. The van der Waals surface area contributed by atoms with Crippen LogP contribution in [0.25, 0.3) is 0 Å². The Morgan fingerprint density at radius 2 is 1.46 bits per heavy atom. The molecule has 0 saturated carbocycles. The number of aliphatic carboxylic acids is 1. The first-order chi connectivity index (χ1) is 11.4.